The van der Waals surface area contributed by atoms with Crippen LogP contribution in [0.3, 0.4) is 0 Å². The van der Waals surface area contributed by atoms with Gasteiger partial charge in [-0.25, -0.2) is 4.79 Å². The Morgan fingerprint density at radius 1 is 1.46 bits per heavy atom. The van der Waals surface area contributed by atoms with Crippen molar-refractivity contribution in [2.24, 2.45) is 11.8 Å². The number of benzene rings is 1. The van der Waals surface area contributed by atoms with Crippen molar-refractivity contribution in [2.45, 2.75) is 26.3 Å². The fourth-order valence-electron chi connectivity index (χ4n) is 2.78. The van der Waals surface area contributed by atoms with Gasteiger partial charge in [-0.3, -0.25) is 0 Å². The summed E-state index contributed by atoms with van der Waals surface area (Å²) < 4.78 is 40.7. The van der Waals surface area contributed by atoms with Crippen LogP contribution in [0.25, 0.3) is 0 Å². The predicted octanol–water partition coefficient (Wildman–Crippen LogP) is 2.92. The van der Waals surface area contributed by atoms with E-state index >= 15 is 0 Å². The van der Waals surface area contributed by atoms with Gasteiger partial charge in [-0.2, -0.15) is 0 Å². The van der Waals surface area contributed by atoms with Gasteiger partial charge in [-0.05, 0) is 30.5 Å². The number of aliphatic hydroxyl groups is 1. The molecule has 0 unspecified atom stereocenters. The van der Waals surface area contributed by atoms with Crippen molar-refractivity contribution in [3.8, 4) is 5.75 Å². The maximum absolute atomic E-state index is 12.3. The fraction of sp³-hybridized carbons (Fsp3) is 0.562. The second-order valence-electron chi connectivity index (χ2n) is 6.12. The minimum atomic E-state index is -4.75. The second-order valence-corrected chi connectivity index (χ2v) is 6.12. The molecule has 2 amide bonds. The lowest BCUT2D eigenvalue weighted by Crippen LogP contribution is -2.40. The molecular weight excluding hydrogens is 325 g/mol. The number of carbonyl (C=O) groups is 1. The van der Waals surface area contributed by atoms with E-state index in [0.717, 1.165) is 0 Å². The summed E-state index contributed by atoms with van der Waals surface area (Å²) in [6.07, 6.45) is -4.75. The highest BCUT2D eigenvalue weighted by Gasteiger charge is 2.33. The van der Waals surface area contributed by atoms with E-state index in [0.29, 0.717) is 18.7 Å². The van der Waals surface area contributed by atoms with Crippen LogP contribution in [0.5, 0.6) is 5.75 Å². The van der Waals surface area contributed by atoms with Crippen LogP contribution >= 0.6 is 0 Å². The van der Waals surface area contributed by atoms with Crippen LogP contribution < -0.4 is 10.1 Å². The number of rotatable bonds is 4. The Morgan fingerprint density at radius 3 is 2.75 bits per heavy atom. The summed E-state index contributed by atoms with van der Waals surface area (Å²) in [4.78, 5) is 13.9. The van der Waals surface area contributed by atoms with Crippen LogP contribution in [0, 0.1) is 11.8 Å². The Balaban J connectivity index is 1.98. The first-order valence-electron chi connectivity index (χ1n) is 7.71. The van der Waals surface area contributed by atoms with Gasteiger partial charge in [0.15, 0.2) is 0 Å². The molecule has 8 heteroatoms. The highest BCUT2D eigenvalue weighted by molar-refractivity contribution is 5.75. The van der Waals surface area contributed by atoms with E-state index in [9.17, 15) is 23.1 Å². The van der Waals surface area contributed by atoms with Gasteiger partial charge in [0.05, 0.1) is 6.04 Å². The molecule has 5 nitrogen and oxygen atoms in total. The van der Waals surface area contributed by atoms with Gasteiger partial charge in [0, 0.05) is 25.6 Å². The van der Waals surface area contributed by atoms with Crippen molar-refractivity contribution < 1.29 is 27.8 Å². The minimum Gasteiger partial charge on any atom is -0.406 e. The number of nitrogens with one attached hydrogen (secondary N) is 1. The highest BCUT2D eigenvalue weighted by Crippen LogP contribution is 2.26. The van der Waals surface area contributed by atoms with Crippen molar-refractivity contribution >= 4 is 6.03 Å². The van der Waals surface area contributed by atoms with Crippen molar-refractivity contribution in [3.05, 3.63) is 29.8 Å². The summed E-state index contributed by atoms with van der Waals surface area (Å²) in [5, 5.41) is 12.0. The minimum absolute atomic E-state index is 0.0251. The molecule has 0 aliphatic carbocycles. The summed E-state index contributed by atoms with van der Waals surface area (Å²) in [5.41, 5.74) is 0.510. The summed E-state index contributed by atoms with van der Waals surface area (Å²) in [5.74, 6) is -0.0645. The lowest BCUT2D eigenvalue weighted by Gasteiger charge is -2.21. The van der Waals surface area contributed by atoms with E-state index in [2.05, 4.69) is 10.1 Å². The zero-order valence-corrected chi connectivity index (χ0v) is 13.5. The Bertz CT molecular complexity index is 580. The first kappa shape index (κ1) is 18.4. The SMILES string of the molecule is C[C@@H]1CN(C(=O)N[C@H](C)c2cccc(OC(F)(F)F)c2)C[C@H]1CO. The molecule has 1 saturated heterocycles. The van der Waals surface area contributed by atoms with Gasteiger partial charge in [-0.15, -0.1) is 13.2 Å². The number of amides is 2. The fourth-order valence-corrected chi connectivity index (χ4v) is 2.78. The molecular formula is C16H21F3N2O3. The molecule has 0 spiro atoms. The summed E-state index contributed by atoms with van der Waals surface area (Å²) in [7, 11) is 0. The van der Waals surface area contributed by atoms with Crippen molar-refractivity contribution in [1.29, 1.82) is 0 Å². The number of ether oxygens (including phenoxy) is 1. The monoisotopic (exact) mass is 346 g/mol. The lowest BCUT2D eigenvalue weighted by atomic mass is 10.00. The van der Waals surface area contributed by atoms with Gasteiger partial charge in [0.25, 0.3) is 0 Å². The number of aliphatic hydroxyl groups excluding tert-OH is 1. The van der Waals surface area contributed by atoms with E-state index < -0.39 is 12.4 Å². The molecule has 2 N–H and O–H groups in total. The molecule has 134 valence electrons. The molecule has 0 aromatic heterocycles. The molecule has 1 aromatic rings. The van der Waals surface area contributed by atoms with Crippen LogP contribution in [0.15, 0.2) is 24.3 Å². The van der Waals surface area contributed by atoms with E-state index in [1.165, 1.54) is 18.2 Å². The van der Waals surface area contributed by atoms with Crippen LogP contribution in [0.4, 0.5) is 18.0 Å². The smallest absolute Gasteiger partial charge is 0.406 e. The number of hydrogen-bond donors (Lipinski definition) is 2. The first-order valence-corrected chi connectivity index (χ1v) is 7.71. The number of hydrogen-bond acceptors (Lipinski definition) is 3. The van der Waals surface area contributed by atoms with E-state index in [4.69, 9.17) is 0 Å². The zero-order valence-electron chi connectivity index (χ0n) is 13.5. The number of nitrogens with zero attached hydrogens (tertiary/aromatic N) is 1. The Hall–Kier alpha value is -1.96. The average molecular weight is 346 g/mol. The third kappa shape index (κ3) is 4.77. The quantitative estimate of drug-likeness (QED) is 0.881. The standard InChI is InChI=1S/C16H21F3N2O3/c1-10-7-21(8-13(10)9-22)15(23)20-11(2)12-4-3-5-14(6-12)24-16(17,18)19/h3-6,10-11,13,22H,7-9H2,1-2H3,(H,20,23)/t10-,11-,13+/m1/s1. The molecule has 1 aliphatic rings. The maximum Gasteiger partial charge on any atom is 0.573 e. The molecule has 1 heterocycles. The molecule has 0 radical (unpaired) electrons. The van der Waals surface area contributed by atoms with Gasteiger partial charge < -0.3 is 20.1 Å². The van der Waals surface area contributed by atoms with Crippen LogP contribution in [0.1, 0.15) is 25.5 Å². The second kappa shape index (κ2) is 7.29. The lowest BCUT2D eigenvalue weighted by molar-refractivity contribution is -0.274. The Labute approximate surface area is 138 Å². The molecule has 0 saturated carbocycles. The normalized spacial score (nSPS) is 22.3. The Kier molecular flexibility index (Phi) is 5.58. The van der Waals surface area contributed by atoms with Crippen LogP contribution in [-0.2, 0) is 0 Å². The highest BCUT2D eigenvalue weighted by atomic mass is 19.4. The van der Waals surface area contributed by atoms with Crippen molar-refractivity contribution in [1.82, 2.24) is 10.2 Å². The number of halogens is 3. The number of urea groups is 1. The summed E-state index contributed by atoms with van der Waals surface area (Å²) >= 11 is 0. The third-order valence-electron chi connectivity index (χ3n) is 4.22. The van der Waals surface area contributed by atoms with E-state index in [1.54, 1.807) is 17.9 Å². The third-order valence-corrected chi connectivity index (χ3v) is 4.22. The molecule has 3 atom stereocenters. The van der Waals surface area contributed by atoms with Crippen molar-refractivity contribution in [3.63, 3.8) is 0 Å². The zero-order chi connectivity index (χ0) is 17.9. The van der Waals surface area contributed by atoms with Gasteiger partial charge in [-0.1, -0.05) is 19.1 Å². The maximum atomic E-state index is 12.3. The number of likely N-dealkylation sites (tertiary alicyclic amines) is 1. The number of carbonyl (C=O) groups excluding carboxylic acids is 1. The topological polar surface area (TPSA) is 61.8 Å². The molecule has 0 bridgehead atoms. The number of alkyl halides is 3. The molecule has 24 heavy (non-hydrogen) atoms. The van der Waals surface area contributed by atoms with Crippen LogP contribution in [-0.4, -0.2) is 42.1 Å². The van der Waals surface area contributed by atoms with Gasteiger partial charge in [0.1, 0.15) is 5.75 Å². The summed E-state index contributed by atoms with van der Waals surface area (Å²) in [6.45, 7) is 4.69. The largest absolute Gasteiger partial charge is 0.573 e. The van der Waals surface area contributed by atoms with Crippen molar-refractivity contribution in [2.75, 3.05) is 19.7 Å². The van der Waals surface area contributed by atoms with E-state index in [1.807, 2.05) is 6.92 Å². The first-order chi connectivity index (χ1) is 11.2. The molecule has 1 fully saturated rings. The molecule has 1 aromatic carbocycles. The molecule has 1 aliphatic heterocycles. The summed E-state index contributed by atoms with van der Waals surface area (Å²) in [6, 6.07) is 4.75. The predicted molar refractivity (Wildman–Crippen MR) is 81.4 cm³/mol. The average Bonchev–Trinajstić information content (AvgIpc) is 2.87. The van der Waals surface area contributed by atoms with Crippen LogP contribution in [0.2, 0.25) is 0 Å². The van der Waals surface area contributed by atoms with Gasteiger partial charge in [0.2, 0.25) is 0 Å². The van der Waals surface area contributed by atoms with E-state index in [-0.39, 0.29) is 30.2 Å². The van der Waals surface area contributed by atoms with Gasteiger partial charge >= 0.3 is 12.4 Å². The Morgan fingerprint density at radius 2 is 2.17 bits per heavy atom. The molecule has 2 rings (SSSR count).